The Morgan fingerprint density at radius 2 is 1.79 bits per heavy atom. The molecule has 33 heavy (non-hydrogen) atoms. The molecule has 168 valence electrons. The van der Waals surface area contributed by atoms with Crippen LogP contribution in [0.15, 0.2) is 81.1 Å². The maximum atomic E-state index is 6.82. The van der Waals surface area contributed by atoms with Gasteiger partial charge in [0, 0.05) is 18.1 Å². The third-order valence-corrected chi connectivity index (χ3v) is 6.84. The number of hydrogen-bond donors (Lipinski definition) is 0. The molecule has 0 atom stereocenters. The van der Waals surface area contributed by atoms with Gasteiger partial charge in [0.15, 0.2) is 11.6 Å². The Balaban J connectivity index is 1.40. The summed E-state index contributed by atoms with van der Waals surface area (Å²) in [5, 5.41) is 0.818. The fourth-order valence-corrected chi connectivity index (χ4v) is 4.71. The van der Waals surface area contributed by atoms with Crippen molar-refractivity contribution in [1.82, 2.24) is 0 Å². The number of nitrogens with zero attached hydrogens (tertiary/aromatic N) is 2. The van der Waals surface area contributed by atoms with Crippen LogP contribution < -0.4 is 14.2 Å². The zero-order valence-corrected chi connectivity index (χ0v) is 20.2. The Morgan fingerprint density at radius 3 is 2.64 bits per heavy atom. The Kier molecular flexibility index (Phi) is 5.63. The highest BCUT2D eigenvalue weighted by atomic mass is 35.5. The fourth-order valence-electron chi connectivity index (χ4n) is 4.39. The minimum atomic E-state index is 0.805. The molecule has 1 aliphatic carbocycles. The summed E-state index contributed by atoms with van der Waals surface area (Å²) in [6, 6.07) is 12.4. The molecule has 4 nitrogen and oxygen atoms in total. The molecule has 0 saturated heterocycles. The molecule has 0 fully saturated rings. The average Bonchev–Trinajstić information content (AvgIpc) is 3.28. The predicted molar refractivity (Wildman–Crippen MR) is 134 cm³/mol. The monoisotopic (exact) mass is 459 g/mol. The topological polar surface area (TPSA) is 29.5 Å². The number of benzene rings is 2. The number of aryl methyl sites for hydroxylation is 3. The van der Waals surface area contributed by atoms with E-state index in [1.54, 1.807) is 0 Å². The van der Waals surface area contributed by atoms with Crippen LogP contribution >= 0.6 is 11.6 Å². The molecule has 5 heteroatoms. The van der Waals surface area contributed by atoms with E-state index in [4.69, 9.17) is 20.8 Å². The van der Waals surface area contributed by atoms with Gasteiger partial charge < -0.3 is 14.1 Å². The van der Waals surface area contributed by atoms with Gasteiger partial charge in [-0.15, -0.1) is 0 Å². The molecule has 0 saturated carbocycles. The van der Waals surface area contributed by atoms with Gasteiger partial charge in [-0.05, 0) is 85.7 Å². The lowest BCUT2D eigenvalue weighted by Gasteiger charge is -2.16. The van der Waals surface area contributed by atoms with Crippen molar-refractivity contribution in [3.63, 3.8) is 0 Å². The van der Waals surface area contributed by atoms with Crippen molar-refractivity contribution in [2.45, 2.75) is 33.1 Å². The van der Waals surface area contributed by atoms with Crippen LogP contribution in [-0.4, -0.2) is 7.05 Å². The molecule has 0 spiro atoms. The highest BCUT2D eigenvalue weighted by molar-refractivity contribution is 6.32. The number of rotatable bonds is 3. The van der Waals surface area contributed by atoms with Crippen LogP contribution in [0.25, 0.3) is 17.2 Å². The molecule has 1 aliphatic heterocycles. The van der Waals surface area contributed by atoms with E-state index in [1.165, 1.54) is 11.1 Å². The van der Waals surface area contributed by atoms with Crippen molar-refractivity contribution in [2.24, 2.45) is 7.05 Å². The molecule has 0 radical (unpaired) electrons. The van der Waals surface area contributed by atoms with Gasteiger partial charge in [-0.25, -0.2) is 0 Å². The molecule has 5 rings (SSSR count). The van der Waals surface area contributed by atoms with E-state index in [0.29, 0.717) is 0 Å². The maximum absolute atomic E-state index is 6.82. The molecule has 3 aromatic rings. The Labute approximate surface area is 199 Å². The van der Waals surface area contributed by atoms with Crippen molar-refractivity contribution in [1.29, 1.82) is 0 Å². The maximum Gasteiger partial charge on any atom is 0.373 e. The highest BCUT2D eigenvalue weighted by Gasteiger charge is 2.23. The first-order valence-electron chi connectivity index (χ1n) is 11.3. The smallest absolute Gasteiger partial charge is 0.373 e. The molecule has 0 N–H and O–H groups in total. The quantitative estimate of drug-likeness (QED) is 0.400. The lowest BCUT2D eigenvalue weighted by Crippen LogP contribution is -2.29. The number of allylic oxidation sites excluding steroid dienone is 6. The van der Waals surface area contributed by atoms with E-state index >= 15 is 0 Å². The molecule has 2 aliphatic rings. The van der Waals surface area contributed by atoms with E-state index in [1.807, 2.05) is 38.4 Å². The second kappa shape index (κ2) is 8.60. The van der Waals surface area contributed by atoms with Crippen LogP contribution in [0.3, 0.4) is 0 Å². The van der Waals surface area contributed by atoms with Crippen LogP contribution in [0.4, 0.5) is 5.69 Å². The average molecular weight is 460 g/mol. The second-order valence-corrected chi connectivity index (χ2v) is 9.20. The number of anilines is 1. The molecule has 0 amide bonds. The summed E-state index contributed by atoms with van der Waals surface area (Å²) in [6.07, 6.45) is 11.2. The Hall–Kier alpha value is -3.24. The van der Waals surface area contributed by atoms with Crippen LogP contribution in [-0.2, 0) is 7.05 Å². The lowest BCUT2D eigenvalue weighted by molar-refractivity contribution is -0.652. The first-order chi connectivity index (χ1) is 15.9. The first-order valence-corrected chi connectivity index (χ1v) is 11.7. The van der Waals surface area contributed by atoms with Crippen LogP contribution in [0.2, 0.25) is 0 Å². The van der Waals surface area contributed by atoms with Gasteiger partial charge in [0.05, 0.1) is 11.8 Å². The minimum absolute atomic E-state index is 0.805. The molecule has 0 unspecified atom stereocenters. The highest BCUT2D eigenvalue weighted by Crippen LogP contribution is 2.39. The van der Waals surface area contributed by atoms with Crippen molar-refractivity contribution in [3.8, 4) is 5.75 Å². The van der Waals surface area contributed by atoms with Crippen LogP contribution in [0, 0.1) is 13.8 Å². The van der Waals surface area contributed by atoms with Crippen LogP contribution in [0.1, 0.15) is 36.3 Å². The number of hydrogen-bond acceptors (Lipinski definition) is 3. The van der Waals surface area contributed by atoms with Gasteiger partial charge in [-0.1, -0.05) is 29.8 Å². The summed E-state index contributed by atoms with van der Waals surface area (Å²) < 4.78 is 14.1. The zero-order chi connectivity index (χ0) is 23.1. The minimum Gasteiger partial charge on any atom is -0.439 e. The number of aromatic nitrogens is 1. The van der Waals surface area contributed by atoms with Gasteiger partial charge in [0.1, 0.15) is 7.05 Å². The summed E-state index contributed by atoms with van der Waals surface area (Å²) in [5.41, 5.74) is 7.74. The Bertz CT molecular complexity index is 1370. The molecule has 0 bridgehead atoms. The van der Waals surface area contributed by atoms with Gasteiger partial charge in [0.25, 0.3) is 5.52 Å². The van der Waals surface area contributed by atoms with E-state index in [9.17, 15) is 0 Å². The summed E-state index contributed by atoms with van der Waals surface area (Å²) in [4.78, 5) is 2.07. The largest absolute Gasteiger partial charge is 0.439 e. The molecule has 1 aromatic heterocycles. The molecule has 2 heterocycles. The lowest BCUT2D eigenvalue weighted by atomic mass is 9.94. The van der Waals surface area contributed by atoms with E-state index in [-0.39, 0.29) is 0 Å². The zero-order valence-electron chi connectivity index (χ0n) is 19.5. The Morgan fingerprint density at radius 1 is 1.00 bits per heavy atom. The molecular formula is C28H28ClN2O2+. The molecule has 2 aromatic carbocycles. The van der Waals surface area contributed by atoms with Crippen molar-refractivity contribution >= 4 is 34.5 Å². The standard InChI is InChI=1S/C28H28ClN2O2/c1-18-8-12-24-22(16-18)30(3)26(32-24)14-10-20-6-5-7-21(28(20)29)11-15-27-31(4)23-17-19(2)9-13-25(23)33-27/h8-17H,5-7H2,1-4H3/q+1. The summed E-state index contributed by atoms with van der Waals surface area (Å²) >= 11 is 6.82. The third kappa shape index (κ3) is 4.11. The van der Waals surface area contributed by atoms with Crippen molar-refractivity contribution in [3.05, 3.63) is 93.7 Å². The van der Waals surface area contributed by atoms with Gasteiger partial charge in [-0.3, -0.25) is 0 Å². The normalized spacial score (nSPS) is 18.8. The van der Waals surface area contributed by atoms with E-state index in [0.717, 1.165) is 69.8 Å². The fraction of sp³-hybridized carbons (Fsp3) is 0.250. The SMILES string of the molecule is Cc1ccc2c(c1)N(C)C(=CC=C1CCCC(C=Cc3oc4ccc(C)cc4[n+]3C)=C1Cl)O2. The summed E-state index contributed by atoms with van der Waals surface area (Å²) in [5.74, 6) is 2.50. The van der Waals surface area contributed by atoms with Gasteiger partial charge >= 0.3 is 5.89 Å². The molecular weight excluding hydrogens is 432 g/mol. The van der Waals surface area contributed by atoms with Crippen molar-refractivity contribution in [2.75, 3.05) is 11.9 Å². The number of halogens is 1. The second-order valence-electron chi connectivity index (χ2n) is 8.83. The summed E-state index contributed by atoms with van der Waals surface area (Å²) in [6.45, 7) is 4.18. The van der Waals surface area contributed by atoms with E-state index < -0.39 is 0 Å². The number of ether oxygens (including phenoxy) is 1. The summed E-state index contributed by atoms with van der Waals surface area (Å²) in [7, 11) is 4.05. The number of fused-ring (bicyclic) bond motifs is 2. The number of oxazole rings is 1. The third-order valence-electron chi connectivity index (χ3n) is 6.35. The predicted octanol–water partition coefficient (Wildman–Crippen LogP) is 6.86. The van der Waals surface area contributed by atoms with Gasteiger partial charge in [0.2, 0.25) is 5.58 Å². The van der Waals surface area contributed by atoms with E-state index in [2.05, 4.69) is 59.7 Å². The van der Waals surface area contributed by atoms with Gasteiger partial charge in [-0.2, -0.15) is 4.57 Å². The first kappa shape index (κ1) is 21.6. The van der Waals surface area contributed by atoms with Crippen molar-refractivity contribution < 1.29 is 13.7 Å². The van der Waals surface area contributed by atoms with Crippen LogP contribution in [0.5, 0.6) is 5.75 Å².